The van der Waals surface area contributed by atoms with Gasteiger partial charge in [0.1, 0.15) is 12.1 Å². The van der Waals surface area contributed by atoms with E-state index in [1.165, 1.54) is 30.2 Å². The van der Waals surface area contributed by atoms with Crippen molar-refractivity contribution in [1.29, 1.82) is 0 Å². The highest BCUT2D eigenvalue weighted by molar-refractivity contribution is 7.98. The molecule has 0 atom stereocenters. The molecule has 0 amide bonds. The summed E-state index contributed by atoms with van der Waals surface area (Å²) in [5.41, 5.74) is 2.20. The Morgan fingerprint density at radius 2 is 1.78 bits per heavy atom. The quantitative estimate of drug-likeness (QED) is 0.576. The first kappa shape index (κ1) is 15.4. The number of nitrogens with zero attached hydrogens (tertiary/aromatic N) is 3. The van der Waals surface area contributed by atoms with E-state index in [1.807, 2.05) is 0 Å². The maximum atomic E-state index is 12.9. The van der Waals surface area contributed by atoms with Crippen molar-refractivity contribution < 1.29 is 4.39 Å². The van der Waals surface area contributed by atoms with Gasteiger partial charge in [-0.2, -0.15) is 0 Å². The molecule has 1 aromatic carbocycles. The summed E-state index contributed by atoms with van der Waals surface area (Å²) in [5, 5.41) is 0.535. The number of aromatic amines is 1. The second-order valence-corrected chi connectivity index (χ2v) is 5.85. The fourth-order valence-electron chi connectivity index (χ4n) is 1.98. The number of benzene rings is 1. The van der Waals surface area contributed by atoms with Crippen molar-refractivity contribution in [3.8, 4) is 0 Å². The van der Waals surface area contributed by atoms with Gasteiger partial charge in [-0.05, 0) is 23.3 Å². The molecular formula is C16H13FN4OS. The average molecular weight is 328 g/mol. The monoisotopic (exact) mass is 328 g/mol. The summed E-state index contributed by atoms with van der Waals surface area (Å²) in [5.74, 6) is 0.342. The zero-order valence-electron chi connectivity index (χ0n) is 12.1. The zero-order valence-corrected chi connectivity index (χ0v) is 12.9. The number of rotatable bonds is 5. The minimum atomic E-state index is -0.264. The predicted molar refractivity (Wildman–Crippen MR) is 85.7 cm³/mol. The molecule has 0 spiro atoms. The Labute approximate surface area is 136 Å². The van der Waals surface area contributed by atoms with Crippen LogP contribution in [-0.2, 0) is 12.2 Å². The molecule has 3 aromatic rings. The number of nitrogens with one attached hydrogen (secondary N) is 1. The van der Waals surface area contributed by atoms with Crippen LogP contribution in [-0.4, -0.2) is 19.9 Å². The first-order chi connectivity index (χ1) is 11.2. The first-order valence-corrected chi connectivity index (χ1v) is 7.88. The topological polar surface area (TPSA) is 71.5 Å². The Bertz CT molecular complexity index is 837. The van der Waals surface area contributed by atoms with E-state index in [4.69, 9.17) is 0 Å². The standard InChI is InChI=1S/C16H13FN4OS/c17-14-3-1-11(2-4-14)9-23-16-20-8-13(15(22)21-16)5-12-6-18-10-19-7-12/h1-4,6-8,10H,5,9H2,(H,20,21,22). The van der Waals surface area contributed by atoms with Crippen LogP contribution in [0.25, 0.3) is 0 Å². The van der Waals surface area contributed by atoms with E-state index in [0.29, 0.717) is 22.9 Å². The summed E-state index contributed by atoms with van der Waals surface area (Å²) in [6.45, 7) is 0. The van der Waals surface area contributed by atoms with Gasteiger partial charge in [-0.15, -0.1) is 0 Å². The third-order valence-corrected chi connectivity index (χ3v) is 4.11. The van der Waals surface area contributed by atoms with Crippen molar-refractivity contribution in [2.75, 3.05) is 0 Å². The van der Waals surface area contributed by atoms with Crippen LogP contribution in [0.2, 0.25) is 0 Å². The number of thioether (sulfide) groups is 1. The summed E-state index contributed by atoms with van der Waals surface area (Å²) in [4.78, 5) is 27.0. The molecule has 0 unspecified atom stereocenters. The van der Waals surface area contributed by atoms with Crippen molar-refractivity contribution in [2.45, 2.75) is 17.3 Å². The number of halogens is 1. The molecular weight excluding hydrogens is 315 g/mol. The molecule has 2 aromatic heterocycles. The van der Waals surface area contributed by atoms with E-state index in [1.54, 1.807) is 30.7 Å². The van der Waals surface area contributed by atoms with Crippen LogP contribution < -0.4 is 5.56 Å². The first-order valence-electron chi connectivity index (χ1n) is 6.90. The van der Waals surface area contributed by atoms with Gasteiger partial charge in [0.15, 0.2) is 5.16 Å². The summed E-state index contributed by atoms with van der Waals surface area (Å²) in [6, 6.07) is 6.25. The van der Waals surface area contributed by atoms with Crippen molar-refractivity contribution >= 4 is 11.8 Å². The number of aromatic nitrogens is 4. The summed E-state index contributed by atoms with van der Waals surface area (Å²) < 4.78 is 12.9. The van der Waals surface area contributed by atoms with Crippen molar-refractivity contribution in [3.63, 3.8) is 0 Å². The van der Waals surface area contributed by atoms with Gasteiger partial charge in [-0.3, -0.25) is 4.79 Å². The van der Waals surface area contributed by atoms with Gasteiger partial charge in [-0.1, -0.05) is 23.9 Å². The van der Waals surface area contributed by atoms with Gasteiger partial charge in [0.25, 0.3) is 5.56 Å². The summed E-state index contributed by atoms with van der Waals surface area (Å²) in [6.07, 6.45) is 6.79. The van der Waals surface area contributed by atoms with E-state index in [9.17, 15) is 9.18 Å². The Hall–Kier alpha value is -2.54. The highest BCUT2D eigenvalue weighted by Gasteiger charge is 2.05. The van der Waals surface area contributed by atoms with Crippen LogP contribution in [0.5, 0.6) is 0 Å². The molecule has 2 heterocycles. The van der Waals surface area contributed by atoms with Gasteiger partial charge in [0, 0.05) is 36.3 Å². The van der Waals surface area contributed by atoms with E-state index < -0.39 is 0 Å². The zero-order chi connectivity index (χ0) is 16.1. The number of H-pyrrole nitrogens is 1. The molecule has 0 aliphatic rings. The average Bonchev–Trinajstić information content (AvgIpc) is 2.57. The third kappa shape index (κ3) is 4.23. The largest absolute Gasteiger partial charge is 0.301 e. The highest BCUT2D eigenvalue weighted by atomic mass is 32.2. The molecule has 0 saturated carbocycles. The Kier molecular flexibility index (Phi) is 4.77. The maximum absolute atomic E-state index is 12.9. The second kappa shape index (κ2) is 7.15. The predicted octanol–water partition coefficient (Wildman–Crippen LogP) is 2.58. The van der Waals surface area contributed by atoms with E-state index in [2.05, 4.69) is 19.9 Å². The molecule has 1 N–H and O–H groups in total. The van der Waals surface area contributed by atoms with Crippen LogP contribution in [0.3, 0.4) is 0 Å². The lowest BCUT2D eigenvalue weighted by molar-refractivity contribution is 0.627. The minimum Gasteiger partial charge on any atom is -0.301 e. The number of hydrogen-bond acceptors (Lipinski definition) is 5. The van der Waals surface area contributed by atoms with E-state index in [0.717, 1.165) is 11.1 Å². The molecule has 116 valence electrons. The number of hydrogen-bond donors (Lipinski definition) is 1. The van der Waals surface area contributed by atoms with Crippen LogP contribution >= 0.6 is 11.8 Å². The van der Waals surface area contributed by atoms with E-state index in [-0.39, 0.29) is 11.4 Å². The van der Waals surface area contributed by atoms with Crippen LogP contribution in [0.15, 0.2) is 59.1 Å². The Balaban J connectivity index is 1.67. The lowest BCUT2D eigenvalue weighted by atomic mass is 10.1. The van der Waals surface area contributed by atoms with Crippen molar-refractivity contribution in [3.05, 3.63) is 82.0 Å². The smallest absolute Gasteiger partial charge is 0.255 e. The fourth-order valence-corrected chi connectivity index (χ4v) is 2.77. The van der Waals surface area contributed by atoms with Crippen LogP contribution in [0.4, 0.5) is 4.39 Å². The Morgan fingerprint density at radius 1 is 1.04 bits per heavy atom. The molecule has 0 bridgehead atoms. The lowest BCUT2D eigenvalue weighted by Gasteiger charge is -2.03. The second-order valence-electron chi connectivity index (χ2n) is 4.88. The maximum Gasteiger partial charge on any atom is 0.255 e. The highest BCUT2D eigenvalue weighted by Crippen LogP contribution is 2.18. The third-order valence-electron chi connectivity index (χ3n) is 3.15. The molecule has 0 radical (unpaired) electrons. The molecule has 0 fully saturated rings. The van der Waals surface area contributed by atoms with Gasteiger partial charge in [0.05, 0.1) is 0 Å². The molecule has 0 saturated heterocycles. The molecule has 5 nitrogen and oxygen atoms in total. The van der Waals surface area contributed by atoms with Crippen LogP contribution in [0, 0.1) is 5.82 Å². The van der Waals surface area contributed by atoms with Crippen molar-refractivity contribution in [1.82, 2.24) is 19.9 Å². The lowest BCUT2D eigenvalue weighted by Crippen LogP contribution is -2.14. The molecule has 7 heteroatoms. The van der Waals surface area contributed by atoms with Crippen molar-refractivity contribution in [2.24, 2.45) is 0 Å². The summed E-state index contributed by atoms with van der Waals surface area (Å²) in [7, 11) is 0. The van der Waals surface area contributed by atoms with Crippen LogP contribution in [0.1, 0.15) is 16.7 Å². The van der Waals surface area contributed by atoms with Gasteiger partial charge in [0.2, 0.25) is 0 Å². The molecule has 0 aliphatic heterocycles. The molecule has 23 heavy (non-hydrogen) atoms. The fraction of sp³-hybridized carbons (Fsp3) is 0.125. The molecule has 0 aliphatic carbocycles. The Morgan fingerprint density at radius 3 is 2.48 bits per heavy atom. The van der Waals surface area contributed by atoms with Gasteiger partial charge in [-0.25, -0.2) is 19.3 Å². The van der Waals surface area contributed by atoms with Gasteiger partial charge < -0.3 is 4.98 Å². The SMILES string of the molecule is O=c1[nH]c(SCc2ccc(F)cc2)ncc1Cc1cncnc1. The minimum absolute atomic E-state index is 0.176. The normalized spacial score (nSPS) is 10.7. The molecule has 3 rings (SSSR count). The van der Waals surface area contributed by atoms with Gasteiger partial charge >= 0.3 is 0 Å². The van der Waals surface area contributed by atoms with E-state index >= 15 is 0 Å². The summed E-state index contributed by atoms with van der Waals surface area (Å²) >= 11 is 1.39.